The van der Waals surface area contributed by atoms with Gasteiger partial charge in [-0.1, -0.05) is 36.7 Å². The maximum atomic E-state index is 13.2. The van der Waals surface area contributed by atoms with Crippen molar-refractivity contribution in [1.82, 2.24) is 15.1 Å². The van der Waals surface area contributed by atoms with Crippen molar-refractivity contribution in [2.24, 2.45) is 0 Å². The summed E-state index contributed by atoms with van der Waals surface area (Å²) >= 11 is 6.04. The van der Waals surface area contributed by atoms with Gasteiger partial charge < -0.3 is 5.32 Å². The minimum atomic E-state index is -0.324. The van der Waals surface area contributed by atoms with E-state index in [1.54, 1.807) is 35.1 Å². The fourth-order valence-electron chi connectivity index (χ4n) is 2.66. The Labute approximate surface area is 150 Å². The first-order valence-corrected chi connectivity index (χ1v) is 8.31. The average Bonchev–Trinajstić information content (AvgIpc) is 3.04. The van der Waals surface area contributed by atoms with Crippen molar-refractivity contribution in [3.63, 3.8) is 0 Å². The molecule has 2 aromatic carbocycles. The van der Waals surface area contributed by atoms with E-state index in [2.05, 4.69) is 10.4 Å². The second kappa shape index (κ2) is 7.49. The molecule has 0 fully saturated rings. The van der Waals surface area contributed by atoms with Gasteiger partial charge in [0.1, 0.15) is 5.82 Å². The number of rotatable bonds is 5. The summed E-state index contributed by atoms with van der Waals surface area (Å²) in [6, 6.07) is 13.4. The van der Waals surface area contributed by atoms with E-state index in [1.165, 1.54) is 12.1 Å². The number of benzene rings is 2. The minimum Gasteiger partial charge on any atom is -0.348 e. The van der Waals surface area contributed by atoms with E-state index in [1.807, 2.05) is 19.1 Å². The van der Waals surface area contributed by atoms with E-state index in [-0.39, 0.29) is 18.3 Å². The van der Waals surface area contributed by atoms with E-state index < -0.39 is 0 Å². The summed E-state index contributed by atoms with van der Waals surface area (Å²) in [6.45, 7) is 2.21. The van der Waals surface area contributed by atoms with Crippen LogP contribution in [0.1, 0.15) is 28.5 Å². The number of halogens is 2. The maximum absolute atomic E-state index is 13.2. The van der Waals surface area contributed by atoms with E-state index in [0.717, 1.165) is 11.4 Å². The van der Waals surface area contributed by atoms with Crippen LogP contribution in [-0.2, 0) is 13.0 Å². The molecule has 0 saturated heterocycles. The second-order valence-electron chi connectivity index (χ2n) is 5.56. The Kier molecular flexibility index (Phi) is 5.14. The Bertz CT molecular complexity index is 907. The molecule has 1 aromatic heterocycles. The molecule has 0 saturated carbocycles. The number of hydrogen-bond donors (Lipinski definition) is 1. The zero-order valence-electron chi connectivity index (χ0n) is 13.7. The molecule has 0 radical (unpaired) electrons. The van der Waals surface area contributed by atoms with Crippen LogP contribution in [0.4, 0.5) is 4.39 Å². The van der Waals surface area contributed by atoms with Crippen LogP contribution >= 0.6 is 11.6 Å². The third-order valence-electron chi connectivity index (χ3n) is 3.84. The van der Waals surface area contributed by atoms with Crippen LogP contribution in [0.3, 0.4) is 0 Å². The van der Waals surface area contributed by atoms with Crippen molar-refractivity contribution in [2.75, 3.05) is 0 Å². The van der Waals surface area contributed by atoms with Gasteiger partial charge in [0, 0.05) is 11.6 Å². The molecule has 128 valence electrons. The van der Waals surface area contributed by atoms with Gasteiger partial charge in [-0.05, 0) is 42.3 Å². The summed E-state index contributed by atoms with van der Waals surface area (Å²) in [4.78, 5) is 12.5. The molecule has 0 bridgehead atoms. The van der Waals surface area contributed by atoms with Crippen LogP contribution in [0.15, 0.2) is 54.7 Å². The fourth-order valence-corrected chi connectivity index (χ4v) is 2.84. The maximum Gasteiger partial charge on any atom is 0.255 e. The number of aromatic nitrogens is 2. The molecule has 3 aromatic rings. The molecule has 1 N–H and O–H groups in total. The Morgan fingerprint density at radius 1 is 1.24 bits per heavy atom. The highest BCUT2D eigenvalue weighted by atomic mass is 35.5. The van der Waals surface area contributed by atoms with Crippen LogP contribution in [0, 0.1) is 5.82 Å². The lowest BCUT2D eigenvalue weighted by Crippen LogP contribution is -2.23. The summed E-state index contributed by atoms with van der Waals surface area (Å²) in [5.74, 6) is -0.566. The fraction of sp³-hybridized carbons (Fsp3) is 0.158. The Hall–Kier alpha value is -2.66. The monoisotopic (exact) mass is 357 g/mol. The lowest BCUT2D eigenvalue weighted by molar-refractivity contribution is 0.0950. The van der Waals surface area contributed by atoms with Crippen molar-refractivity contribution in [3.05, 3.63) is 82.4 Å². The zero-order valence-corrected chi connectivity index (χ0v) is 14.4. The Balaban J connectivity index is 1.81. The van der Waals surface area contributed by atoms with Crippen molar-refractivity contribution >= 4 is 17.5 Å². The van der Waals surface area contributed by atoms with Crippen LogP contribution in [0.5, 0.6) is 0 Å². The van der Waals surface area contributed by atoms with Gasteiger partial charge in [-0.25, -0.2) is 9.07 Å². The molecule has 25 heavy (non-hydrogen) atoms. The number of nitrogens with zero attached hydrogens (tertiary/aromatic N) is 2. The highest BCUT2D eigenvalue weighted by Crippen LogP contribution is 2.19. The van der Waals surface area contributed by atoms with Crippen molar-refractivity contribution in [2.45, 2.75) is 19.9 Å². The number of nitrogens with one attached hydrogen (secondary N) is 1. The van der Waals surface area contributed by atoms with Gasteiger partial charge in [0.15, 0.2) is 0 Å². The van der Waals surface area contributed by atoms with Gasteiger partial charge in [0.05, 0.1) is 23.1 Å². The quantitative estimate of drug-likeness (QED) is 0.745. The molecule has 0 aliphatic heterocycles. The van der Waals surface area contributed by atoms with E-state index >= 15 is 0 Å². The molecule has 1 heterocycles. The molecule has 0 atom stereocenters. The normalized spacial score (nSPS) is 10.7. The highest BCUT2D eigenvalue weighted by molar-refractivity contribution is 6.30. The van der Waals surface area contributed by atoms with Gasteiger partial charge >= 0.3 is 0 Å². The topological polar surface area (TPSA) is 46.9 Å². The largest absolute Gasteiger partial charge is 0.348 e. The summed E-state index contributed by atoms with van der Waals surface area (Å²) in [5, 5.41) is 7.74. The molecular formula is C19H17ClFN3O. The summed E-state index contributed by atoms with van der Waals surface area (Å²) < 4.78 is 14.9. The predicted molar refractivity (Wildman–Crippen MR) is 95.5 cm³/mol. The molecule has 4 nitrogen and oxygen atoms in total. The molecule has 3 rings (SSSR count). The second-order valence-corrected chi connectivity index (χ2v) is 6.00. The van der Waals surface area contributed by atoms with Crippen LogP contribution in [-0.4, -0.2) is 15.7 Å². The molecule has 1 amide bonds. The Morgan fingerprint density at radius 2 is 2.04 bits per heavy atom. The van der Waals surface area contributed by atoms with E-state index in [9.17, 15) is 9.18 Å². The molecular weight excluding hydrogens is 341 g/mol. The number of carbonyl (C=O) groups excluding carboxylic acids is 1. The smallest absolute Gasteiger partial charge is 0.255 e. The molecule has 0 aliphatic carbocycles. The van der Waals surface area contributed by atoms with Gasteiger partial charge in [0.2, 0.25) is 0 Å². The van der Waals surface area contributed by atoms with Crippen molar-refractivity contribution in [3.8, 4) is 5.69 Å². The Morgan fingerprint density at radius 3 is 2.76 bits per heavy atom. The van der Waals surface area contributed by atoms with E-state index in [0.29, 0.717) is 22.6 Å². The van der Waals surface area contributed by atoms with Crippen LogP contribution in [0.25, 0.3) is 5.69 Å². The third kappa shape index (κ3) is 3.88. The third-order valence-corrected chi connectivity index (χ3v) is 4.08. The summed E-state index contributed by atoms with van der Waals surface area (Å²) in [6.07, 6.45) is 2.18. The predicted octanol–water partition coefficient (Wildman–Crippen LogP) is 4.16. The average molecular weight is 358 g/mol. The SMILES string of the molecule is CCc1c(C(=O)NCc2cccc(F)c2)cnn1-c1cccc(Cl)c1. The standard InChI is InChI=1S/C19H17ClFN3O/c1-2-18-17(12-23-24(18)16-8-4-6-14(20)10-16)19(25)22-11-13-5-3-7-15(21)9-13/h3-10,12H,2,11H2,1H3,(H,22,25). The van der Waals surface area contributed by atoms with E-state index in [4.69, 9.17) is 11.6 Å². The zero-order chi connectivity index (χ0) is 17.8. The summed E-state index contributed by atoms with van der Waals surface area (Å²) in [7, 11) is 0. The molecule has 0 unspecified atom stereocenters. The molecule has 0 aliphatic rings. The first kappa shape index (κ1) is 17.2. The highest BCUT2D eigenvalue weighted by Gasteiger charge is 2.17. The van der Waals surface area contributed by atoms with Gasteiger partial charge in [0.25, 0.3) is 5.91 Å². The molecule has 0 spiro atoms. The van der Waals surface area contributed by atoms with Crippen molar-refractivity contribution in [1.29, 1.82) is 0 Å². The molecule has 6 heteroatoms. The van der Waals surface area contributed by atoms with Gasteiger partial charge in [-0.15, -0.1) is 0 Å². The lowest BCUT2D eigenvalue weighted by atomic mass is 10.1. The lowest BCUT2D eigenvalue weighted by Gasteiger charge is -2.09. The van der Waals surface area contributed by atoms with Crippen molar-refractivity contribution < 1.29 is 9.18 Å². The van der Waals surface area contributed by atoms with Crippen LogP contribution in [0.2, 0.25) is 5.02 Å². The number of carbonyl (C=O) groups is 1. The minimum absolute atomic E-state index is 0.241. The van der Waals surface area contributed by atoms with Gasteiger partial charge in [-0.3, -0.25) is 4.79 Å². The van der Waals surface area contributed by atoms with Crippen LogP contribution < -0.4 is 5.32 Å². The first-order valence-electron chi connectivity index (χ1n) is 7.94. The van der Waals surface area contributed by atoms with Gasteiger partial charge in [-0.2, -0.15) is 5.10 Å². The summed E-state index contributed by atoms with van der Waals surface area (Å²) in [5.41, 5.74) is 2.79. The number of amides is 1. The number of hydrogen-bond acceptors (Lipinski definition) is 2. The first-order chi connectivity index (χ1) is 12.1.